The molecule has 0 rings (SSSR count). The van der Waals surface area contributed by atoms with Gasteiger partial charge in [-0.1, -0.05) is 0 Å². The highest BCUT2D eigenvalue weighted by Crippen LogP contribution is 1.94. The summed E-state index contributed by atoms with van der Waals surface area (Å²) in [6.45, 7) is 1.25. The minimum atomic E-state index is -0.974. The molecule has 0 aromatic rings. The third-order valence-corrected chi connectivity index (χ3v) is 1.07. The lowest BCUT2D eigenvalue weighted by molar-refractivity contribution is -0.771. The molecule has 0 radical (unpaired) electrons. The summed E-state index contributed by atoms with van der Waals surface area (Å²) in [5, 5.41) is 18.9. The second-order valence-corrected chi connectivity index (χ2v) is 2.22. The highest BCUT2D eigenvalue weighted by atomic mass is 17.0. The van der Waals surface area contributed by atoms with Crippen molar-refractivity contribution in [1.82, 2.24) is 5.01 Å². The van der Waals surface area contributed by atoms with Crippen LogP contribution in [0.25, 0.3) is 0 Å². The number of rotatable bonds is 5. The molecule has 0 N–H and O–H groups in total. The van der Waals surface area contributed by atoms with Gasteiger partial charge in [-0.05, 0) is 6.92 Å². The number of nitrogens with zero attached hydrogens (tertiary/aromatic N) is 3. The lowest BCUT2D eigenvalue weighted by Gasteiger charge is -2.12. The second-order valence-electron chi connectivity index (χ2n) is 2.22. The molecule has 0 aromatic heterocycles. The van der Waals surface area contributed by atoms with E-state index in [1.165, 1.54) is 14.0 Å². The minimum Gasteiger partial charge on any atom is -0.309 e. The topological polar surface area (TPSA) is 98.8 Å². The van der Waals surface area contributed by atoms with Gasteiger partial charge in [0.2, 0.25) is 0 Å². The van der Waals surface area contributed by atoms with Gasteiger partial charge in [-0.3, -0.25) is 0 Å². The third kappa shape index (κ3) is 4.25. The summed E-state index contributed by atoms with van der Waals surface area (Å²) in [6, 6.07) is 0. The minimum absolute atomic E-state index is 0.131. The zero-order valence-electron chi connectivity index (χ0n) is 6.67. The summed E-state index contributed by atoms with van der Waals surface area (Å²) in [5.41, 5.74) is 0. The van der Waals surface area contributed by atoms with Crippen molar-refractivity contribution in [2.24, 2.45) is 0 Å². The molecule has 0 aliphatic rings. The Labute approximate surface area is 67.9 Å². The Bertz CT molecular complexity index is 184. The van der Waals surface area contributed by atoms with Crippen LogP contribution < -0.4 is 0 Å². The predicted octanol–water partition coefficient (Wildman–Crippen LogP) is -0.293. The van der Waals surface area contributed by atoms with Gasteiger partial charge >= 0.3 is 0 Å². The monoisotopic (exact) mass is 179 g/mol. The number of hydrogen-bond acceptors (Lipinski definition) is 5. The van der Waals surface area contributed by atoms with Crippen molar-refractivity contribution in [2.45, 2.75) is 13.0 Å². The van der Waals surface area contributed by atoms with Crippen LogP contribution in [0.3, 0.4) is 0 Å². The molecule has 0 aliphatic heterocycles. The Morgan fingerprint density at radius 1 is 1.50 bits per heavy atom. The quantitative estimate of drug-likeness (QED) is 0.424. The number of hydrazine groups is 1. The largest absolute Gasteiger partial charge is 0.309 e. The van der Waals surface area contributed by atoms with Crippen LogP contribution >= 0.6 is 0 Å². The van der Waals surface area contributed by atoms with Crippen LogP contribution in [0.2, 0.25) is 0 Å². The van der Waals surface area contributed by atoms with E-state index in [1.807, 2.05) is 0 Å². The zero-order chi connectivity index (χ0) is 9.72. The first-order valence-corrected chi connectivity index (χ1v) is 3.10. The number of likely N-dealkylation sites (N-methyl/N-ethyl adjacent to an activating group) is 1. The molecule has 70 valence electrons. The van der Waals surface area contributed by atoms with E-state index in [-0.39, 0.29) is 6.54 Å². The Morgan fingerprint density at radius 3 is 2.33 bits per heavy atom. The van der Waals surface area contributed by atoms with Crippen LogP contribution in [0.15, 0.2) is 0 Å². The van der Waals surface area contributed by atoms with Crippen molar-refractivity contribution in [3.8, 4) is 0 Å². The first-order chi connectivity index (χ1) is 5.43. The highest BCUT2D eigenvalue weighted by molar-refractivity contribution is 4.47. The Morgan fingerprint density at radius 2 is 2.00 bits per heavy atom. The summed E-state index contributed by atoms with van der Waals surface area (Å²) in [5.74, 6) is 0. The highest BCUT2D eigenvalue weighted by Gasteiger charge is 2.15. The average Bonchev–Trinajstić information content (AvgIpc) is 1.84. The second kappa shape index (κ2) is 4.31. The fraction of sp³-hybridized carbons (Fsp3) is 1.00. The maximum Gasteiger partial charge on any atom is 0.294 e. The van der Waals surface area contributed by atoms with Crippen molar-refractivity contribution >= 4 is 0 Å². The summed E-state index contributed by atoms with van der Waals surface area (Å²) in [6.07, 6.45) is -0.810. The third-order valence-electron chi connectivity index (χ3n) is 1.07. The zero-order valence-corrected chi connectivity index (χ0v) is 6.67. The molecule has 12 heavy (non-hydrogen) atoms. The van der Waals surface area contributed by atoms with Crippen LogP contribution in [0.4, 0.5) is 0 Å². The van der Waals surface area contributed by atoms with Gasteiger partial charge in [-0.25, -0.2) is 10.1 Å². The predicted molar refractivity (Wildman–Crippen MR) is 37.2 cm³/mol. The smallest absolute Gasteiger partial charge is 0.294 e. The molecule has 0 amide bonds. The van der Waals surface area contributed by atoms with E-state index in [9.17, 15) is 20.2 Å². The van der Waals surface area contributed by atoms with Crippen LogP contribution in [0.1, 0.15) is 6.92 Å². The normalized spacial score (nSPS) is 11.8. The SMILES string of the molecule is CC(CN(C)[N+](=O)[O-])O[N+](=O)[O-]. The molecule has 0 heterocycles. The van der Waals surface area contributed by atoms with Gasteiger partial charge in [0, 0.05) is 0 Å². The first kappa shape index (κ1) is 10.4. The average molecular weight is 179 g/mol. The summed E-state index contributed by atoms with van der Waals surface area (Å²) < 4.78 is 0. The van der Waals surface area contributed by atoms with E-state index in [2.05, 4.69) is 4.84 Å². The summed E-state index contributed by atoms with van der Waals surface area (Å²) in [4.78, 5) is 23.8. The molecule has 1 atom stereocenters. The maximum atomic E-state index is 10.0. The molecule has 0 aromatic carbocycles. The number of hydrogen-bond donors (Lipinski definition) is 0. The van der Waals surface area contributed by atoms with E-state index in [0.717, 1.165) is 0 Å². The molecule has 0 saturated heterocycles. The molecule has 0 aliphatic carbocycles. The van der Waals surface area contributed by atoms with Crippen molar-refractivity contribution in [3.63, 3.8) is 0 Å². The van der Waals surface area contributed by atoms with Gasteiger partial charge in [-0.2, -0.15) is 0 Å². The van der Waals surface area contributed by atoms with Gasteiger partial charge in [0.15, 0.2) is 5.03 Å². The fourth-order valence-corrected chi connectivity index (χ4v) is 0.619. The van der Waals surface area contributed by atoms with Crippen molar-refractivity contribution in [2.75, 3.05) is 13.6 Å². The molecule has 1 unspecified atom stereocenters. The molecule has 0 bridgehead atoms. The summed E-state index contributed by atoms with van der Waals surface area (Å²) in [7, 11) is 1.21. The van der Waals surface area contributed by atoms with Crippen LogP contribution in [-0.4, -0.2) is 34.8 Å². The maximum absolute atomic E-state index is 10.0. The van der Waals surface area contributed by atoms with Crippen molar-refractivity contribution < 1.29 is 15.0 Å². The van der Waals surface area contributed by atoms with Gasteiger partial charge in [-0.15, -0.1) is 15.1 Å². The molecule has 8 nitrogen and oxygen atoms in total. The molecule has 0 fully saturated rings. The Balaban J connectivity index is 3.76. The van der Waals surface area contributed by atoms with Crippen LogP contribution in [0.5, 0.6) is 0 Å². The van der Waals surface area contributed by atoms with Gasteiger partial charge in [0.1, 0.15) is 12.6 Å². The standard InChI is InChI=1S/C4H9N3O5/c1-4(12-7(10)11)3-5(2)6(8)9/h4H,3H2,1-2H3. The van der Waals surface area contributed by atoms with E-state index >= 15 is 0 Å². The van der Waals surface area contributed by atoms with E-state index < -0.39 is 16.2 Å². The molecular formula is C4H9N3O5. The Hall–Kier alpha value is -1.60. The number of nitro groups is 1. The Kier molecular flexibility index (Phi) is 3.74. The van der Waals surface area contributed by atoms with Crippen molar-refractivity contribution in [3.05, 3.63) is 20.2 Å². The summed E-state index contributed by atoms with van der Waals surface area (Å²) >= 11 is 0. The van der Waals surface area contributed by atoms with Gasteiger partial charge in [0.05, 0.1) is 7.05 Å². The van der Waals surface area contributed by atoms with Crippen LogP contribution in [-0.2, 0) is 4.84 Å². The van der Waals surface area contributed by atoms with Gasteiger partial charge in [0.25, 0.3) is 5.09 Å². The van der Waals surface area contributed by atoms with Crippen LogP contribution in [0, 0.1) is 20.2 Å². The molecular weight excluding hydrogens is 170 g/mol. The van der Waals surface area contributed by atoms with E-state index in [0.29, 0.717) is 5.01 Å². The van der Waals surface area contributed by atoms with Crippen molar-refractivity contribution in [1.29, 1.82) is 0 Å². The lowest BCUT2D eigenvalue weighted by Crippen LogP contribution is -2.34. The first-order valence-electron chi connectivity index (χ1n) is 3.10. The fourth-order valence-electron chi connectivity index (χ4n) is 0.619. The molecule has 8 heteroatoms. The lowest BCUT2D eigenvalue weighted by atomic mass is 10.4. The molecule has 0 spiro atoms. The van der Waals surface area contributed by atoms with E-state index in [4.69, 9.17) is 0 Å². The van der Waals surface area contributed by atoms with Gasteiger partial charge < -0.3 is 4.84 Å². The molecule has 0 saturated carbocycles. The van der Waals surface area contributed by atoms with E-state index in [1.54, 1.807) is 0 Å².